The number of benzene rings is 1. The van der Waals surface area contributed by atoms with Gasteiger partial charge < -0.3 is 20.5 Å². The third-order valence-corrected chi connectivity index (χ3v) is 4.79. The Labute approximate surface area is 140 Å². The zero-order chi connectivity index (χ0) is 16.8. The van der Waals surface area contributed by atoms with E-state index in [0.29, 0.717) is 37.1 Å². The first-order valence-electron chi connectivity index (χ1n) is 7.55. The summed E-state index contributed by atoms with van der Waals surface area (Å²) >= 11 is 1.60. The SMILES string of the molecule is COc1cc(SC)ccc1NC(=O)NC1CCC(C(=O)O)CC1. The highest BCUT2D eigenvalue weighted by atomic mass is 32.2. The predicted octanol–water partition coefficient (Wildman–Crippen LogP) is 3.18. The molecule has 1 aromatic carbocycles. The third kappa shape index (κ3) is 4.79. The van der Waals surface area contributed by atoms with Gasteiger partial charge >= 0.3 is 12.0 Å². The fourth-order valence-corrected chi connectivity index (χ4v) is 3.16. The summed E-state index contributed by atoms with van der Waals surface area (Å²) in [6.45, 7) is 0. The lowest BCUT2D eigenvalue weighted by Gasteiger charge is -2.27. The van der Waals surface area contributed by atoms with E-state index in [9.17, 15) is 9.59 Å². The van der Waals surface area contributed by atoms with E-state index in [2.05, 4.69) is 10.6 Å². The number of nitrogens with one attached hydrogen (secondary N) is 2. The lowest BCUT2D eigenvalue weighted by molar-refractivity contribution is -0.142. The Morgan fingerprint density at radius 1 is 1.26 bits per heavy atom. The lowest BCUT2D eigenvalue weighted by Crippen LogP contribution is -2.41. The Hall–Kier alpha value is -1.89. The maximum Gasteiger partial charge on any atom is 0.319 e. The number of rotatable bonds is 5. The van der Waals surface area contributed by atoms with Crippen molar-refractivity contribution in [3.05, 3.63) is 18.2 Å². The summed E-state index contributed by atoms with van der Waals surface area (Å²) in [6, 6.07) is 5.33. The van der Waals surface area contributed by atoms with Crippen LogP contribution in [0.4, 0.5) is 10.5 Å². The number of thioether (sulfide) groups is 1. The number of aliphatic carboxylic acids is 1. The molecule has 2 rings (SSSR count). The van der Waals surface area contributed by atoms with E-state index >= 15 is 0 Å². The first-order valence-corrected chi connectivity index (χ1v) is 8.78. The van der Waals surface area contributed by atoms with E-state index < -0.39 is 5.97 Å². The smallest absolute Gasteiger partial charge is 0.319 e. The van der Waals surface area contributed by atoms with Crippen molar-refractivity contribution in [2.75, 3.05) is 18.7 Å². The van der Waals surface area contributed by atoms with Crippen molar-refractivity contribution in [1.29, 1.82) is 0 Å². The number of hydrogen-bond donors (Lipinski definition) is 3. The number of carboxylic acids is 1. The number of methoxy groups -OCH3 is 1. The van der Waals surface area contributed by atoms with Gasteiger partial charge in [-0.3, -0.25) is 4.79 Å². The fourth-order valence-electron chi connectivity index (χ4n) is 2.73. The van der Waals surface area contributed by atoms with Gasteiger partial charge in [0.15, 0.2) is 0 Å². The van der Waals surface area contributed by atoms with E-state index in [4.69, 9.17) is 9.84 Å². The van der Waals surface area contributed by atoms with Gasteiger partial charge in [0.25, 0.3) is 0 Å². The van der Waals surface area contributed by atoms with Gasteiger partial charge in [0.05, 0.1) is 18.7 Å². The van der Waals surface area contributed by atoms with Crippen LogP contribution in [0.5, 0.6) is 5.75 Å². The van der Waals surface area contributed by atoms with E-state index in [1.54, 1.807) is 18.9 Å². The predicted molar refractivity (Wildman–Crippen MR) is 90.3 cm³/mol. The summed E-state index contributed by atoms with van der Waals surface area (Å²) in [4.78, 5) is 24.1. The van der Waals surface area contributed by atoms with Crippen LogP contribution in [0.15, 0.2) is 23.1 Å². The number of ether oxygens (including phenoxy) is 1. The van der Waals surface area contributed by atoms with Crippen LogP contribution in [0.2, 0.25) is 0 Å². The standard InChI is InChI=1S/C16H22N2O4S/c1-22-14-9-12(23-2)7-8-13(14)18-16(21)17-11-5-3-10(4-6-11)15(19)20/h7-11H,3-6H2,1-2H3,(H,19,20)(H2,17,18,21). The molecule has 0 bridgehead atoms. The normalized spacial score (nSPS) is 20.6. The molecule has 0 aliphatic heterocycles. The Kier molecular flexibility index (Phi) is 6.15. The summed E-state index contributed by atoms with van der Waals surface area (Å²) in [7, 11) is 1.57. The topological polar surface area (TPSA) is 87.7 Å². The van der Waals surface area contributed by atoms with Gasteiger partial charge in [-0.05, 0) is 50.1 Å². The van der Waals surface area contributed by atoms with Gasteiger partial charge in [0.2, 0.25) is 0 Å². The zero-order valence-corrected chi connectivity index (χ0v) is 14.1. The molecule has 2 amide bonds. The number of carboxylic acid groups (broad SMARTS) is 1. The Bertz CT molecular complexity index is 571. The lowest BCUT2D eigenvalue weighted by atomic mass is 9.86. The van der Waals surface area contributed by atoms with Crippen LogP contribution in [0.3, 0.4) is 0 Å². The maximum absolute atomic E-state index is 12.1. The summed E-state index contributed by atoms with van der Waals surface area (Å²) < 4.78 is 5.30. The molecule has 0 atom stereocenters. The second-order valence-electron chi connectivity index (χ2n) is 5.55. The summed E-state index contributed by atoms with van der Waals surface area (Å²) in [5.74, 6) is -0.414. The number of hydrogen-bond acceptors (Lipinski definition) is 4. The molecular weight excluding hydrogens is 316 g/mol. The van der Waals surface area contributed by atoms with Crippen molar-refractivity contribution < 1.29 is 19.4 Å². The first-order chi connectivity index (χ1) is 11.0. The molecule has 7 heteroatoms. The number of anilines is 1. The third-order valence-electron chi connectivity index (χ3n) is 4.07. The second kappa shape index (κ2) is 8.10. The number of carbonyl (C=O) groups excluding carboxylic acids is 1. The Balaban J connectivity index is 1.89. The van der Waals surface area contributed by atoms with E-state index in [1.807, 2.05) is 24.5 Å². The molecule has 1 aliphatic rings. The largest absolute Gasteiger partial charge is 0.495 e. The van der Waals surface area contributed by atoms with Crippen LogP contribution in [0.25, 0.3) is 0 Å². The molecule has 126 valence electrons. The molecule has 0 radical (unpaired) electrons. The highest BCUT2D eigenvalue weighted by Gasteiger charge is 2.26. The second-order valence-corrected chi connectivity index (χ2v) is 6.43. The van der Waals surface area contributed by atoms with Crippen molar-refractivity contribution in [3.8, 4) is 5.75 Å². The van der Waals surface area contributed by atoms with E-state index in [-0.39, 0.29) is 18.0 Å². The molecule has 0 spiro atoms. The van der Waals surface area contributed by atoms with Gasteiger partial charge in [-0.1, -0.05) is 0 Å². The number of urea groups is 1. The quantitative estimate of drug-likeness (QED) is 0.718. The minimum atomic E-state index is -0.744. The van der Waals surface area contributed by atoms with Crippen molar-refractivity contribution in [2.45, 2.75) is 36.6 Å². The van der Waals surface area contributed by atoms with Crippen LogP contribution >= 0.6 is 11.8 Å². The molecule has 0 saturated heterocycles. The van der Waals surface area contributed by atoms with Crippen molar-refractivity contribution >= 4 is 29.4 Å². The van der Waals surface area contributed by atoms with Crippen LogP contribution in [-0.4, -0.2) is 36.5 Å². The zero-order valence-electron chi connectivity index (χ0n) is 13.3. The molecule has 6 nitrogen and oxygen atoms in total. The van der Waals surface area contributed by atoms with Gasteiger partial charge in [0, 0.05) is 10.9 Å². The monoisotopic (exact) mass is 338 g/mol. The van der Waals surface area contributed by atoms with Gasteiger partial charge in [-0.2, -0.15) is 0 Å². The highest BCUT2D eigenvalue weighted by Crippen LogP contribution is 2.29. The van der Waals surface area contributed by atoms with Gasteiger partial charge in [0.1, 0.15) is 5.75 Å². The van der Waals surface area contributed by atoms with Crippen molar-refractivity contribution in [3.63, 3.8) is 0 Å². The van der Waals surface area contributed by atoms with Crippen LogP contribution in [-0.2, 0) is 4.79 Å². The average Bonchev–Trinajstić information content (AvgIpc) is 2.55. The fraction of sp³-hybridized carbons (Fsp3) is 0.500. The average molecular weight is 338 g/mol. The molecule has 1 aliphatic carbocycles. The van der Waals surface area contributed by atoms with Crippen molar-refractivity contribution in [2.24, 2.45) is 5.92 Å². The van der Waals surface area contributed by atoms with Crippen LogP contribution < -0.4 is 15.4 Å². The van der Waals surface area contributed by atoms with Gasteiger partial charge in [-0.25, -0.2) is 4.79 Å². The van der Waals surface area contributed by atoms with Crippen LogP contribution in [0, 0.1) is 5.92 Å². The molecule has 23 heavy (non-hydrogen) atoms. The van der Waals surface area contributed by atoms with Gasteiger partial charge in [-0.15, -0.1) is 11.8 Å². The van der Waals surface area contributed by atoms with Crippen molar-refractivity contribution in [1.82, 2.24) is 5.32 Å². The van der Waals surface area contributed by atoms with E-state index in [1.165, 1.54) is 0 Å². The molecule has 0 unspecified atom stereocenters. The maximum atomic E-state index is 12.1. The molecule has 1 fully saturated rings. The molecule has 3 N–H and O–H groups in total. The molecular formula is C16H22N2O4S. The van der Waals surface area contributed by atoms with Crippen LogP contribution in [0.1, 0.15) is 25.7 Å². The molecule has 0 aromatic heterocycles. The Morgan fingerprint density at radius 2 is 1.96 bits per heavy atom. The minimum absolute atomic E-state index is 0.0158. The summed E-state index contributed by atoms with van der Waals surface area (Å²) in [5, 5.41) is 14.7. The van der Waals surface area contributed by atoms with E-state index in [0.717, 1.165) is 4.90 Å². The minimum Gasteiger partial charge on any atom is -0.495 e. The molecule has 1 saturated carbocycles. The summed E-state index contributed by atoms with van der Waals surface area (Å²) in [5.41, 5.74) is 0.613. The number of carbonyl (C=O) groups is 2. The molecule has 1 aromatic rings. The number of amides is 2. The first kappa shape index (κ1) is 17.5. The summed E-state index contributed by atoms with van der Waals surface area (Å²) in [6.07, 6.45) is 4.56. The Morgan fingerprint density at radius 3 is 2.52 bits per heavy atom. The highest BCUT2D eigenvalue weighted by molar-refractivity contribution is 7.98. The molecule has 0 heterocycles.